The normalized spacial score (nSPS) is 17.8. The Balaban J connectivity index is 1.68. The monoisotopic (exact) mass is 323 g/mol. The maximum absolute atomic E-state index is 12.4. The molecule has 122 valence electrons. The van der Waals surface area contributed by atoms with E-state index in [1.165, 1.54) is 6.08 Å². The number of amides is 1. The number of hydrogen-bond donors (Lipinski definition) is 1. The van der Waals surface area contributed by atoms with Crippen molar-refractivity contribution < 1.29 is 9.53 Å². The van der Waals surface area contributed by atoms with Gasteiger partial charge < -0.3 is 9.64 Å². The van der Waals surface area contributed by atoms with Crippen LogP contribution in [0, 0.1) is 18.3 Å². The van der Waals surface area contributed by atoms with Crippen LogP contribution in [0.2, 0.25) is 0 Å². The van der Waals surface area contributed by atoms with Crippen LogP contribution in [0.3, 0.4) is 0 Å². The van der Waals surface area contributed by atoms with E-state index in [2.05, 4.69) is 21.3 Å². The van der Waals surface area contributed by atoms with Gasteiger partial charge in [0.25, 0.3) is 0 Å². The number of nitriles is 1. The SMILES string of the molecule is Cc1nc(C2CN(C(=O)/C=C/c3ccccc3C#N)CCO2)n[nH]1. The molecule has 1 aliphatic rings. The number of carbonyl (C=O) groups is 1. The second-order valence-electron chi connectivity index (χ2n) is 5.46. The van der Waals surface area contributed by atoms with Crippen molar-refractivity contribution in [1.82, 2.24) is 20.1 Å². The van der Waals surface area contributed by atoms with Crippen LogP contribution >= 0.6 is 0 Å². The van der Waals surface area contributed by atoms with Crippen LogP contribution in [-0.4, -0.2) is 45.7 Å². The fourth-order valence-corrected chi connectivity index (χ4v) is 2.52. The van der Waals surface area contributed by atoms with Gasteiger partial charge in [-0.05, 0) is 24.6 Å². The minimum atomic E-state index is -0.326. The van der Waals surface area contributed by atoms with E-state index in [-0.39, 0.29) is 12.0 Å². The first-order valence-corrected chi connectivity index (χ1v) is 7.64. The molecule has 2 aromatic rings. The molecule has 1 amide bonds. The molecule has 24 heavy (non-hydrogen) atoms. The molecule has 0 aliphatic carbocycles. The molecule has 3 rings (SSSR count). The second-order valence-corrected chi connectivity index (χ2v) is 5.46. The van der Waals surface area contributed by atoms with E-state index in [0.717, 1.165) is 5.56 Å². The fourth-order valence-electron chi connectivity index (χ4n) is 2.52. The van der Waals surface area contributed by atoms with Gasteiger partial charge in [-0.15, -0.1) is 0 Å². The van der Waals surface area contributed by atoms with Crippen molar-refractivity contribution in [1.29, 1.82) is 5.26 Å². The minimum absolute atomic E-state index is 0.122. The Morgan fingerprint density at radius 3 is 3.08 bits per heavy atom. The number of rotatable bonds is 3. The maximum atomic E-state index is 12.4. The largest absolute Gasteiger partial charge is 0.366 e. The van der Waals surface area contributed by atoms with Gasteiger partial charge in [-0.25, -0.2) is 4.98 Å². The maximum Gasteiger partial charge on any atom is 0.246 e. The quantitative estimate of drug-likeness (QED) is 0.866. The average molecular weight is 323 g/mol. The lowest BCUT2D eigenvalue weighted by atomic mass is 10.1. The van der Waals surface area contributed by atoms with Gasteiger partial charge in [-0.2, -0.15) is 10.4 Å². The summed E-state index contributed by atoms with van der Waals surface area (Å²) < 4.78 is 5.65. The van der Waals surface area contributed by atoms with Crippen LogP contribution in [0.1, 0.15) is 28.9 Å². The Hall–Kier alpha value is -2.98. The number of aromatic nitrogens is 3. The Morgan fingerprint density at radius 1 is 1.50 bits per heavy atom. The minimum Gasteiger partial charge on any atom is -0.366 e. The topological polar surface area (TPSA) is 94.9 Å². The van der Waals surface area contributed by atoms with E-state index < -0.39 is 0 Å². The Morgan fingerprint density at radius 2 is 2.33 bits per heavy atom. The highest BCUT2D eigenvalue weighted by Crippen LogP contribution is 2.19. The van der Waals surface area contributed by atoms with Crippen LogP contribution in [0.15, 0.2) is 30.3 Å². The van der Waals surface area contributed by atoms with Crippen molar-refractivity contribution in [2.75, 3.05) is 19.7 Å². The highest BCUT2D eigenvalue weighted by atomic mass is 16.5. The summed E-state index contributed by atoms with van der Waals surface area (Å²) >= 11 is 0. The van der Waals surface area contributed by atoms with Crippen LogP contribution in [0.5, 0.6) is 0 Å². The zero-order valence-corrected chi connectivity index (χ0v) is 13.3. The molecule has 0 radical (unpaired) electrons. The van der Waals surface area contributed by atoms with E-state index in [1.807, 2.05) is 13.0 Å². The number of benzene rings is 1. The van der Waals surface area contributed by atoms with Crippen LogP contribution in [0.4, 0.5) is 0 Å². The van der Waals surface area contributed by atoms with E-state index >= 15 is 0 Å². The lowest BCUT2D eigenvalue weighted by molar-refractivity contribution is -0.134. The molecule has 1 fully saturated rings. The lowest BCUT2D eigenvalue weighted by Crippen LogP contribution is -2.41. The summed E-state index contributed by atoms with van der Waals surface area (Å²) in [6, 6.07) is 9.27. The van der Waals surface area contributed by atoms with E-state index in [1.54, 1.807) is 29.2 Å². The highest BCUT2D eigenvalue weighted by molar-refractivity contribution is 5.92. The predicted octanol–water partition coefficient (Wildman–Crippen LogP) is 1.60. The van der Waals surface area contributed by atoms with Crippen molar-refractivity contribution in [3.63, 3.8) is 0 Å². The average Bonchev–Trinajstić information content (AvgIpc) is 3.06. The molecule has 0 bridgehead atoms. The molecular weight excluding hydrogens is 306 g/mol. The third-order valence-electron chi connectivity index (χ3n) is 3.77. The van der Waals surface area contributed by atoms with Gasteiger partial charge in [0.15, 0.2) is 5.82 Å². The third kappa shape index (κ3) is 3.50. The molecule has 1 N–H and O–H groups in total. The van der Waals surface area contributed by atoms with Crippen molar-refractivity contribution in [3.05, 3.63) is 53.1 Å². The first-order chi connectivity index (χ1) is 11.7. The molecule has 2 heterocycles. The fraction of sp³-hybridized carbons (Fsp3) is 0.294. The molecule has 1 atom stereocenters. The van der Waals surface area contributed by atoms with Gasteiger partial charge in [0.05, 0.1) is 24.8 Å². The van der Waals surface area contributed by atoms with Crippen molar-refractivity contribution in [2.24, 2.45) is 0 Å². The van der Waals surface area contributed by atoms with E-state index in [0.29, 0.717) is 36.9 Å². The number of morpholine rings is 1. The summed E-state index contributed by atoms with van der Waals surface area (Å²) in [7, 11) is 0. The highest BCUT2D eigenvalue weighted by Gasteiger charge is 2.26. The number of aryl methyl sites for hydroxylation is 1. The lowest BCUT2D eigenvalue weighted by Gasteiger charge is -2.30. The number of nitrogens with zero attached hydrogens (tertiary/aromatic N) is 4. The zero-order valence-electron chi connectivity index (χ0n) is 13.3. The molecule has 1 aromatic carbocycles. The van der Waals surface area contributed by atoms with Crippen LogP contribution < -0.4 is 0 Å². The molecule has 0 spiro atoms. The van der Waals surface area contributed by atoms with Gasteiger partial charge in [0.2, 0.25) is 5.91 Å². The van der Waals surface area contributed by atoms with Crippen molar-refractivity contribution in [3.8, 4) is 6.07 Å². The summed E-state index contributed by atoms with van der Waals surface area (Å²) in [5.74, 6) is 1.15. The first-order valence-electron chi connectivity index (χ1n) is 7.64. The third-order valence-corrected chi connectivity index (χ3v) is 3.77. The summed E-state index contributed by atoms with van der Waals surface area (Å²) in [4.78, 5) is 18.4. The Bertz CT molecular complexity index is 805. The first kappa shape index (κ1) is 15.9. The number of H-pyrrole nitrogens is 1. The van der Waals surface area contributed by atoms with Gasteiger partial charge in [0.1, 0.15) is 11.9 Å². The summed E-state index contributed by atoms with van der Waals surface area (Å²) in [6.07, 6.45) is 2.83. The predicted molar refractivity (Wildman–Crippen MR) is 86.6 cm³/mol. The molecule has 7 nitrogen and oxygen atoms in total. The molecule has 1 aromatic heterocycles. The molecule has 7 heteroatoms. The van der Waals surface area contributed by atoms with Gasteiger partial charge >= 0.3 is 0 Å². The molecule has 1 unspecified atom stereocenters. The van der Waals surface area contributed by atoms with Crippen LogP contribution in [-0.2, 0) is 9.53 Å². The Kier molecular flexibility index (Phi) is 4.68. The van der Waals surface area contributed by atoms with Gasteiger partial charge in [-0.1, -0.05) is 18.2 Å². The van der Waals surface area contributed by atoms with E-state index in [9.17, 15) is 4.79 Å². The summed E-state index contributed by atoms with van der Waals surface area (Å²) in [5.41, 5.74) is 1.26. The molecule has 0 saturated carbocycles. The summed E-state index contributed by atoms with van der Waals surface area (Å²) in [5, 5.41) is 16.0. The molecule has 1 saturated heterocycles. The molecular formula is C17H17N5O2. The van der Waals surface area contributed by atoms with E-state index in [4.69, 9.17) is 10.00 Å². The number of carbonyl (C=O) groups excluding carboxylic acids is 1. The molecule has 1 aliphatic heterocycles. The zero-order chi connectivity index (χ0) is 16.9. The number of aromatic amines is 1. The van der Waals surface area contributed by atoms with Crippen molar-refractivity contribution in [2.45, 2.75) is 13.0 Å². The number of nitrogens with one attached hydrogen (secondary N) is 1. The van der Waals surface area contributed by atoms with Gasteiger partial charge in [-0.3, -0.25) is 9.89 Å². The smallest absolute Gasteiger partial charge is 0.246 e. The Labute approximate surface area is 139 Å². The summed E-state index contributed by atoms with van der Waals surface area (Å²) in [6.45, 7) is 3.17. The second kappa shape index (κ2) is 7.06. The van der Waals surface area contributed by atoms with Crippen molar-refractivity contribution >= 4 is 12.0 Å². The number of ether oxygens (including phenoxy) is 1. The standard InChI is InChI=1S/C17H17N5O2/c1-12-19-17(21-20-12)15-11-22(8-9-24-15)16(23)7-6-13-4-2-3-5-14(13)10-18/h2-7,15H,8-9,11H2,1H3,(H,19,20,21)/b7-6+. The van der Waals surface area contributed by atoms with Crippen LogP contribution in [0.25, 0.3) is 6.08 Å². The van der Waals surface area contributed by atoms with Gasteiger partial charge in [0, 0.05) is 12.6 Å². The number of hydrogen-bond acceptors (Lipinski definition) is 5.